The average Bonchev–Trinajstić information content (AvgIpc) is 2.74. The van der Waals surface area contributed by atoms with Gasteiger partial charge in [-0.1, -0.05) is 48.5 Å². The standard InChI is InChI=1S/C23H19F3O5/c1-15-20(22(27)30-17-11-7-4-8-12-17)18(29-14-16-9-5-3-6-10-16)13-19(28-2)21(15)31-23(24,25)26/h3-13H,14H2,1-2H3. The number of hydrogen-bond donors (Lipinski definition) is 0. The second-order valence-electron chi connectivity index (χ2n) is 6.43. The van der Waals surface area contributed by atoms with Gasteiger partial charge >= 0.3 is 12.3 Å². The van der Waals surface area contributed by atoms with Gasteiger partial charge in [0.2, 0.25) is 0 Å². The van der Waals surface area contributed by atoms with Crippen LogP contribution in [0.4, 0.5) is 13.2 Å². The average molecular weight is 432 g/mol. The van der Waals surface area contributed by atoms with Crippen molar-refractivity contribution in [3.05, 3.63) is 83.4 Å². The summed E-state index contributed by atoms with van der Waals surface area (Å²) in [4.78, 5) is 12.9. The smallest absolute Gasteiger partial charge is 0.493 e. The van der Waals surface area contributed by atoms with Gasteiger partial charge in [0.1, 0.15) is 23.7 Å². The van der Waals surface area contributed by atoms with Crippen LogP contribution >= 0.6 is 0 Å². The molecule has 0 amide bonds. The Labute approximate surface area is 176 Å². The minimum absolute atomic E-state index is 0.00802. The Kier molecular flexibility index (Phi) is 6.69. The Hall–Kier alpha value is -3.68. The van der Waals surface area contributed by atoms with Crippen molar-refractivity contribution in [2.45, 2.75) is 19.9 Å². The molecule has 0 fully saturated rings. The first-order chi connectivity index (χ1) is 14.8. The van der Waals surface area contributed by atoms with Crippen molar-refractivity contribution in [2.75, 3.05) is 7.11 Å². The van der Waals surface area contributed by atoms with E-state index in [9.17, 15) is 18.0 Å². The Morgan fingerprint density at radius 3 is 2.13 bits per heavy atom. The molecule has 0 aliphatic heterocycles. The number of carbonyl (C=O) groups is 1. The summed E-state index contributed by atoms with van der Waals surface area (Å²) in [6.07, 6.45) is -4.98. The van der Waals surface area contributed by atoms with Gasteiger partial charge in [-0.05, 0) is 24.6 Å². The number of carbonyl (C=O) groups excluding carboxylic acids is 1. The highest BCUT2D eigenvalue weighted by Crippen LogP contribution is 2.42. The summed E-state index contributed by atoms with van der Waals surface area (Å²) in [6.45, 7) is 1.38. The molecule has 31 heavy (non-hydrogen) atoms. The second-order valence-corrected chi connectivity index (χ2v) is 6.43. The van der Waals surface area contributed by atoms with Crippen molar-refractivity contribution < 1.29 is 36.9 Å². The molecular weight excluding hydrogens is 413 g/mol. The largest absolute Gasteiger partial charge is 0.573 e. The fraction of sp³-hybridized carbons (Fsp3) is 0.174. The van der Waals surface area contributed by atoms with Crippen molar-refractivity contribution in [3.63, 3.8) is 0 Å². The Bertz CT molecular complexity index is 1030. The molecule has 0 saturated heterocycles. The zero-order chi connectivity index (χ0) is 22.4. The molecule has 5 nitrogen and oxygen atoms in total. The molecule has 3 rings (SSSR count). The highest BCUT2D eigenvalue weighted by Gasteiger charge is 2.35. The topological polar surface area (TPSA) is 54.0 Å². The lowest BCUT2D eigenvalue weighted by Gasteiger charge is -2.20. The number of benzene rings is 3. The Morgan fingerprint density at radius 2 is 1.55 bits per heavy atom. The van der Waals surface area contributed by atoms with Gasteiger partial charge in [-0.15, -0.1) is 13.2 Å². The number of ether oxygens (including phenoxy) is 4. The first kappa shape index (κ1) is 22.0. The minimum atomic E-state index is -4.98. The molecule has 0 aliphatic rings. The van der Waals surface area contributed by atoms with Crippen LogP contribution in [0.25, 0.3) is 0 Å². The van der Waals surface area contributed by atoms with Crippen molar-refractivity contribution >= 4 is 5.97 Å². The molecule has 0 spiro atoms. The lowest BCUT2D eigenvalue weighted by molar-refractivity contribution is -0.275. The van der Waals surface area contributed by atoms with Gasteiger partial charge in [-0.2, -0.15) is 0 Å². The van der Waals surface area contributed by atoms with Gasteiger partial charge in [0.15, 0.2) is 11.5 Å². The fourth-order valence-electron chi connectivity index (χ4n) is 2.88. The fourth-order valence-corrected chi connectivity index (χ4v) is 2.88. The molecule has 162 valence electrons. The number of rotatable bonds is 7. The Morgan fingerprint density at radius 1 is 0.935 bits per heavy atom. The third-order valence-corrected chi connectivity index (χ3v) is 4.28. The summed E-state index contributed by atoms with van der Waals surface area (Å²) in [6, 6.07) is 18.4. The molecule has 0 heterocycles. The molecule has 0 aromatic heterocycles. The molecular formula is C23H19F3O5. The summed E-state index contributed by atoms with van der Waals surface area (Å²) >= 11 is 0. The Balaban J connectivity index is 2.04. The van der Waals surface area contributed by atoms with Crippen molar-refractivity contribution in [3.8, 4) is 23.0 Å². The number of alkyl halides is 3. The van der Waals surface area contributed by atoms with Crippen molar-refractivity contribution in [2.24, 2.45) is 0 Å². The maximum atomic E-state index is 13.0. The molecule has 3 aromatic rings. The third kappa shape index (κ3) is 5.69. The first-order valence-corrected chi connectivity index (χ1v) is 9.20. The van der Waals surface area contributed by atoms with E-state index in [1.165, 1.54) is 20.1 Å². The summed E-state index contributed by atoms with van der Waals surface area (Å²) < 4.78 is 59.2. The highest BCUT2D eigenvalue weighted by molar-refractivity contribution is 5.97. The quantitative estimate of drug-likeness (QED) is 0.354. The minimum Gasteiger partial charge on any atom is -0.493 e. The molecule has 0 aliphatic carbocycles. The summed E-state index contributed by atoms with van der Waals surface area (Å²) in [5.74, 6) is -1.51. The molecule has 0 unspecified atom stereocenters. The van der Waals surface area contributed by atoms with E-state index in [-0.39, 0.29) is 35.0 Å². The molecule has 0 bridgehead atoms. The second kappa shape index (κ2) is 9.42. The summed E-state index contributed by atoms with van der Waals surface area (Å²) in [7, 11) is 1.20. The van der Waals surface area contributed by atoms with Crippen LogP contribution in [-0.4, -0.2) is 19.4 Å². The maximum absolute atomic E-state index is 13.0. The number of halogens is 3. The molecule has 3 aromatic carbocycles. The number of para-hydroxylation sites is 1. The zero-order valence-electron chi connectivity index (χ0n) is 16.7. The summed E-state index contributed by atoms with van der Waals surface area (Å²) in [5.41, 5.74) is 0.484. The molecule has 8 heteroatoms. The monoisotopic (exact) mass is 432 g/mol. The van der Waals surface area contributed by atoms with Crippen LogP contribution in [-0.2, 0) is 6.61 Å². The number of hydrogen-bond acceptors (Lipinski definition) is 5. The van der Waals surface area contributed by atoms with Gasteiger partial charge in [-0.3, -0.25) is 0 Å². The molecule has 0 saturated carbocycles. The van der Waals surface area contributed by atoms with Gasteiger partial charge in [0, 0.05) is 11.6 Å². The highest BCUT2D eigenvalue weighted by atomic mass is 19.4. The van der Waals surface area contributed by atoms with Crippen LogP contribution < -0.4 is 18.9 Å². The van der Waals surface area contributed by atoms with E-state index in [4.69, 9.17) is 14.2 Å². The molecule has 0 N–H and O–H groups in total. The predicted octanol–water partition coefficient (Wildman–Crippen LogP) is 5.70. The van der Waals surface area contributed by atoms with E-state index in [0.717, 1.165) is 5.56 Å². The van der Waals surface area contributed by atoms with Crippen molar-refractivity contribution in [1.29, 1.82) is 0 Å². The van der Waals surface area contributed by atoms with Crippen LogP contribution in [0.5, 0.6) is 23.0 Å². The van der Waals surface area contributed by atoms with E-state index < -0.39 is 18.1 Å². The predicted molar refractivity (Wildman–Crippen MR) is 107 cm³/mol. The van der Waals surface area contributed by atoms with Crippen LogP contribution in [0.2, 0.25) is 0 Å². The third-order valence-electron chi connectivity index (χ3n) is 4.28. The lowest BCUT2D eigenvalue weighted by atomic mass is 10.1. The van der Waals surface area contributed by atoms with E-state index >= 15 is 0 Å². The van der Waals surface area contributed by atoms with Gasteiger partial charge in [0.25, 0.3) is 0 Å². The van der Waals surface area contributed by atoms with Gasteiger partial charge < -0.3 is 18.9 Å². The normalized spacial score (nSPS) is 11.0. The van der Waals surface area contributed by atoms with Crippen LogP contribution in [0, 0.1) is 6.92 Å². The van der Waals surface area contributed by atoms with E-state index in [1.54, 1.807) is 30.3 Å². The summed E-state index contributed by atoms with van der Waals surface area (Å²) in [5, 5.41) is 0. The van der Waals surface area contributed by atoms with Crippen LogP contribution in [0.1, 0.15) is 21.5 Å². The number of methoxy groups -OCH3 is 1. The van der Waals surface area contributed by atoms with Crippen LogP contribution in [0.15, 0.2) is 66.7 Å². The van der Waals surface area contributed by atoms with E-state index in [1.807, 2.05) is 30.3 Å². The van der Waals surface area contributed by atoms with Crippen LogP contribution in [0.3, 0.4) is 0 Å². The lowest BCUT2D eigenvalue weighted by Crippen LogP contribution is -2.20. The van der Waals surface area contributed by atoms with Gasteiger partial charge in [0.05, 0.1) is 7.11 Å². The maximum Gasteiger partial charge on any atom is 0.573 e. The van der Waals surface area contributed by atoms with E-state index in [2.05, 4.69) is 4.74 Å². The molecule has 0 atom stereocenters. The number of esters is 1. The SMILES string of the molecule is COc1cc(OCc2ccccc2)c(C(=O)Oc2ccccc2)c(C)c1OC(F)(F)F. The molecule has 0 radical (unpaired) electrons. The van der Waals surface area contributed by atoms with Crippen molar-refractivity contribution in [1.82, 2.24) is 0 Å². The van der Waals surface area contributed by atoms with Gasteiger partial charge in [-0.25, -0.2) is 4.79 Å². The van der Waals surface area contributed by atoms with E-state index in [0.29, 0.717) is 0 Å². The zero-order valence-corrected chi connectivity index (χ0v) is 16.7. The first-order valence-electron chi connectivity index (χ1n) is 9.20.